The molecule has 4 aliphatic carbocycles. The van der Waals surface area contributed by atoms with Crippen molar-refractivity contribution in [3.05, 3.63) is 0 Å². The van der Waals surface area contributed by atoms with E-state index >= 15 is 0 Å². The largest absolute Gasteiger partial charge is 1.00 e. The molecule has 0 aromatic rings. The summed E-state index contributed by atoms with van der Waals surface area (Å²) in [5.41, 5.74) is 0.293. The summed E-state index contributed by atoms with van der Waals surface area (Å²) in [7, 11) is -4.71. The fourth-order valence-corrected chi connectivity index (χ4v) is 10.3. The minimum Gasteiger partial charge on any atom is -0.726 e. The first kappa shape index (κ1) is 32.0. The van der Waals surface area contributed by atoms with Gasteiger partial charge >= 0.3 is 29.6 Å². The van der Waals surface area contributed by atoms with Crippen LogP contribution < -0.4 is 29.6 Å². The zero-order valence-corrected chi connectivity index (χ0v) is 26.3. The summed E-state index contributed by atoms with van der Waals surface area (Å²) in [5.74, 6) is 2.63. The Hall–Kier alpha value is 0.460. The van der Waals surface area contributed by atoms with Gasteiger partial charge in [-0.25, -0.2) is 8.42 Å². The van der Waals surface area contributed by atoms with Crippen LogP contribution in [-0.4, -0.2) is 47.8 Å². The van der Waals surface area contributed by atoms with Crippen LogP contribution in [0.3, 0.4) is 0 Å². The molecular formula is C28H47NaO7S. The molecule has 0 spiro atoms. The van der Waals surface area contributed by atoms with E-state index in [0.29, 0.717) is 36.0 Å². The van der Waals surface area contributed by atoms with E-state index in [1.807, 2.05) is 0 Å². The minimum absolute atomic E-state index is 0. The maximum atomic E-state index is 12.6. The summed E-state index contributed by atoms with van der Waals surface area (Å²) in [5, 5.41) is 22.3. The molecule has 208 valence electrons. The van der Waals surface area contributed by atoms with Crippen molar-refractivity contribution in [2.24, 2.45) is 52.3 Å². The maximum absolute atomic E-state index is 12.6. The van der Waals surface area contributed by atoms with Gasteiger partial charge in [-0.15, -0.1) is 0 Å². The molecule has 4 aliphatic rings. The number of carbonyl (C=O) groups excluding carboxylic acids is 1. The first-order valence-electron chi connectivity index (χ1n) is 14.3. The number of hydrogen-bond donors (Lipinski definition) is 2. The molecule has 9 heteroatoms. The molecule has 4 saturated carbocycles. The van der Waals surface area contributed by atoms with Gasteiger partial charge < -0.3 is 14.8 Å². The third-order valence-corrected chi connectivity index (χ3v) is 12.0. The third-order valence-electron chi connectivity index (χ3n) is 11.5. The monoisotopic (exact) mass is 550 g/mol. The van der Waals surface area contributed by atoms with Gasteiger partial charge in [-0.2, -0.15) is 0 Å². The molecule has 0 aliphatic heterocycles. The summed E-state index contributed by atoms with van der Waals surface area (Å²) in [6.07, 6.45) is 8.50. The number of hydrogen-bond acceptors (Lipinski definition) is 7. The van der Waals surface area contributed by atoms with Crippen LogP contribution in [-0.2, 0) is 19.4 Å². The van der Waals surface area contributed by atoms with E-state index in [1.165, 1.54) is 0 Å². The molecule has 0 heterocycles. The molecule has 3 unspecified atom stereocenters. The van der Waals surface area contributed by atoms with Crippen LogP contribution in [0, 0.1) is 52.3 Å². The first-order valence-corrected chi connectivity index (χ1v) is 15.6. The number of ketones is 1. The van der Waals surface area contributed by atoms with Gasteiger partial charge in [-0.3, -0.25) is 8.98 Å². The summed E-state index contributed by atoms with van der Waals surface area (Å²) in [6, 6.07) is 0. The summed E-state index contributed by atoms with van der Waals surface area (Å²) < 4.78 is 36.0. The smallest absolute Gasteiger partial charge is 0.726 e. The average molecular weight is 551 g/mol. The van der Waals surface area contributed by atoms with Crippen molar-refractivity contribution in [1.82, 2.24) is 0 Å². The molecule has 37 heavy (non-hydrogen) atoms. The van der Waals surface area contributed by atoms with Crippen molar-refractivity contribution < 1.29 is 61.7 Å². The van der Waals surface area contributed by atoms with Gasteiger partial charge in [0.05, 0.1) is 18.8 Å². The molecule has 0 amide bonds. The van der Waals surface area contributed by atoms with Gasteiger partial charge in [-0.1, -0.05) is 34.1 Å². The average Bonchev–Trinajstić information content (AvgIpc) is 3.15. The Bertz CT molecular complexity index is 912. The van der Waals surface area contributed by atoms with Crippen LogP contribution in [0.25, 0.3) is 0 Å². The second-order valence-electron chi connectivity index (χ2n) is 13.2. The number of Topliss-reactive ketones (excluding diaryl/α,β-unsaturated/α-hetero) is 1. The Morgan fingerprint density at radius 3 is 2.35 bits per heavy atom. The summed E-state index contributed by atoms with van der Waals surface area (Å²) in [6.45, 7) is 8.98. The Morgan fingerprint density at radius 2 is 1.70 bits per heavy atom. The van der Waals surface area contributed by atoms with Gasteiger partial charge in [0, 0.05) is 12.8 Å². The summed E-state index contributed by atoms with van der Waals surface area (Å²) in [4.78, 5) is 12.6. The predicted molar refractivity (Wildman–Crippen MR) is 135 cm³/mol. The molecule has 0 saturated heterocycles. The Balaban J connectivity index is 0.00000380. The predicted octanol–water partition coefficient (Wildman–Crippen LogP) is 1.47. The van der Waals surface area contributed by atoms with Crippen molar-refractivity contribution in [2.45, 2.75) is 111 Å². The minimum atomic E-state index is -4.71. The second-order valence-corrected chi connectivity index (χ2v) is 14.2. The molecule has 0 bridgehead atoms. The van der Waals surface area contributed by atoms with E-state index in [-0.39, 0.29) is 89.7 Å². The quantitative estimate of drug-likeness (QED) is 0.193. The molecular weight excluding hydrogens is 503 g/mol. The standard InChI is InChI=1S/C28H48O7S.Na/c1-5-20-24-16-19(30)10-12-28(24,4)23-11-13-27(3)21(8-9-22(27)25(23)26(20)31)17(2)15-18(29)7-6-14-35-36(32,33)34;/h17,19-26,30-31H,5-16H2,1-4H3,(H,32,33,34);/q;+1/p-1/t17-,19-,20-,21-,22?,23?,24+,25?,26-,27-,28-;/m1./s1. The number of rotatable bonds is 9. The number of carbonyl (C=O) groups is 1. The molecule has 7 nitrogen and oxygen atoms in total. The Morgan fingerprint density at radius 1 is 1.05 bits per heavy atom. The van der Waals surface area contributed by atoms with Gasteiger partial charge in [0.15, 0.2) is 0 Å². The topological polar surface area (TPSA) is 124 Å². The number of aliphatic hydroxyl groups excluding tert-OH is 2. The van der Waals surface area contributed by atoms with Crippen LogP contribution in [0.2, 0.25) is 0 Å². The van der Waals surface area contributed by atoms with Crippen molar-refractivity contribution in [2.75, 3.05) is 6.61 Å². The second kappa shape index (κ2) is 12.1. The van der Waals surface area contributed by atoms with E-state index < -0.39 is 10.4 Å². The van der Waals surface area contributed by atoms with Crippen molar-refractivity contribution in [3.63, 3.8) is 0 Å². The number of aliphatic hydroxyl groups is 2. The van der Waals surface area contributed by atoms with Crippen LogP contribution in [0.1, 0.15) is 98.3 Å². The van der Waals surface area contributed by atoms with E-state index in [0.717, 1.165) is 51.4 Å². The molecule has 0 radical (unpaired) electrons. The van der Waals surface area contributed by atoms with Crippen molar-refractivity contribution in [3.8, 4) is 0 Å². The van der Waals surface area contributed by atoms with Crippen LogP contribution in [0.5, 0.6) is 0 Å². The van der Waals surface area contributed by atoms with Gasteiger partial charge in [-0.05, 0) is 104 Å². The number of fused-ring (bicyclic) bond motifs is 5. The molecule has 2 N–H and O–H groups in total. The SMILES string of the molecule is CC[C@H]1[C@@H](O)C2C3CC[C@H]([C@H](C)CC(=O)CCCOS(=O)(=O)[O-])[C@@]3(C)CCC2[C@@]2(C)CC[C@@H](O)C[C@@H]12.[Na+]. The molecule has 4 rings (SSSR count). The Kier molecular flexibility index (Phi) is 10.5. The van der Waals surface area contributed by atoms with Crippen LogP contribution in [0.4, 0.5) is 0 Å². The van der Waals surface area contributed by atoms with Crippen molar-refractivity contribution in [1.29, 1.82) is 0 Å². The van der Waals surface area contributed by atoms with Crippen molar-refractivity contribution >= 4 is 16.2 Å². The fraction of sp³-hybridized carbons (Fsp3) is 0.964. The fourth-order valence-electron chi connectivity index (χ4n) is 9.97. The Labute approximate surface area is 246 Å². The molecule has 4 fully saturated rings. The van der Waals surface area contributed by atoms with Gasteiger partial charge in [0.25, 0.3) is 0 Å². The normalized spacial score (nSPS) is 44.2. The van der Waals surface area contributed by atoms with E-state index in [9.17, 15) is 28.0 Å². The van der Waals surface area contributed by atoms with E-state index in [1.54, 1.807) is 0 Å². The third kappa shape index (κ3) is 6.22. The van der Waals surface area contributed by atoms with Gasteiger partial charge in [0.2, 0.25) is 10.4 Å². The van der Waals surface area contributed by atoms with Crippen LogP contribution >= 0.6 is 0 Å². The van der Waals surface area contributed by atoms with E-state index in [4.69, 9.17) is 0 Å². The van der Waals surface area contributed by atoms with Gasteiger partial charge in [0.1, 0.15) is 5.78 Å². The zero-order valence-electron chi connectivity index (χ0n) is 23.5. The molecule has 0 aromatic heterocycles. The maximum Gasteiger partial charge on any atom is 1.00 e. The summed E-state index contributed by atoms with van der Waals surface area (Å²) >= 11 is 0. The molecule has 11 atom stereocenters. The molecule has 0 aromatic carbocycles. The zero-order chi connectivity index (χ0) is 26.5. The van der Waals surface area contributed by atoms with E-state index in [2.05, 4.69) is 31.9 Å². The van der Waals surface area contributed by atoms with Crippen LogP contribution in [0.15, 0.2) is 0 Å². The first-order chi connectivity index (χ1) is 16.8.